The van der Waals surface area contributed by atoms with E-state index >= 15 is 0 Å². The molecule has 0 aliphatic carbocycles. The van der Waals surface area contributed by atoms with Gasteiger partial charge in [-0.15, -0.1) is 0 Å². The van der Waals surface area contributed by atoms with E-state index in [1.807, 2.05) is 30.3 Å². The monoisotopic (exact) mass is 345 g/mol. The molecule has 0 bridgehead atoms. The molecule has 1 atom stereocenters. The maximum Gasteiger partial charge on any atom is 0.203 e. The standard InChI is InChI=1S/C22H16ClNO/c1-14-7-9-18-20-13-16-12-17(23)8-10-19(16)24(20)22(25-21(18)11-14)15-5-3-2-4-6-15/h2-13,22H,1H3. The molecule has 3 heteroatoms. The first kappa shape index (κ1) is 14.6. The van der Waals surface area contributed by atoms with Crippen LogP contribution in [0, 0.1) is 6.92 Å². The van der Waals surface area contributed by atoms with Crippen molar-refractivity contribution in [2.75, 3.05) is 0 Å². The van der Waals surface area contributed by atoms with Crippen molar-refractivity contribution in [2.24, 2.45) is 0 Å². The minimum Gasteiger partial charge on any atom is -0.465 e. The number of hydrogen-bond donors (Lipinski definition) is 0. The number of aryl methyl sites for hydroxylation is 1. The molecule has 2 nitrogen and oxygen atoms in total. The lowest BCUT2D eigenvalue weighted by atomic mass is 10.1. The van der Waals surface area contributed by atoms with Crippen LogP contribution in [0.4, 0.5) is 0 Å². The molecule has 0 fully saturated rings. The van der Waals surface area contributed by atoms with E-state index in [4.69, 9.17) is 16.3 Å². The van der Waals surface area contributed by atoms with Gasteiger partial charge in [0.05, 0.1) is 11.2 Å². The number of nitrogens with zero attached hydrogens (tertiary/aromatic N) is 1. The number of hydrogen-bond acceptors (Lipinski definition) is 1. The van der Waals surface area contributed by atoms with Crippen LogP contribution in [-0.4, -0.2) is 4.57 Å². The molecule has 0 radical (unpaired) electrons. The number of rotatable bonds is 1. The summed E-state index contributed by atoms with van der Waals surface area (Å²) in [4.78, 5) is 0. The Morgan fingerprint density at radius 1 is 0.920 bits per heavy atom. The number of ether oxygens (including phenoxy) is 1. The molecule has 0 saturated heterocycles. The fourth-order valence-corrected chi connectivity index (χ4v) is 3.79. The van der Waals surface area contributed by atoms with Crippen molar-refractivity contribution < 1.29 is 4.74 Å². The van der Waals surface area contributed by atoms with Crippen LogP contribution >= 0.6 is 11.6 Å². The van der Waals surface area contributed by atoms with E-state index < -0.39 is 0 Å². The maximum atomic E-state index is 6.45. The van der Waals surface area contributed by atoms with Crippen molar-refractivity contribution in [3.8, 4) is 17.0 Å². The predicted molar refractivity (Wildman–Crippen MR) is 102 cm³/mol. The van der Waals surface area contributed by atoms with Gasteiger partial charge in [-0.3, -0.25) is 0 Å². The van der Waals surface area contributed by atoms with Gasteiger partial charge in [-0.05, 0) is 48.9 Å². The minimum absolute atomic E-state index is 0.191. The quantitative estimate of drug-likeness (QED) is 0.400. The number of fused-ring (bicyclic) bond motifs is 5. The van der Waals surface area contributed by atoms with E-state index in [0.717, 1.165) is 38.5 Å². The van der Waals surface area contributed by atoms with Crippen LogP contribution in [-0.2, 0) is 0 Å². The molecule has 122 valence electrons. The summed E-state index contributed by atoms with van der Waals surface area (Å²) in [6.45, 7) is 2.09. The molecule has 3 aromatic carbocycles. The van der Waals surface area contributed by atoms with Gasteiger partial charge >= 0.3 is 0 Å². The van der Waals surface area contributed by atoms with Crippen molar-refractivity contribution in [1.82, 2.24) is 4.57 Å². The Bertz CT molecular complexity index is 1100. The highest BCUT2D eigenvalue weighted by atomic mass is 35.5. The van der Waals surface area contributed by atoms with E-state index in [1.165, 1.54) is 5.56 Å². The van der Waals surface area contributed by atoms with E-state index in [0.29, 0.717) is 0 Å². The highest BCUT2D eigenvalue weighted by molar-refractivity contribution is 6.31. The van der Waals surface area contributed by atoms with Gasteiger partial charge in [-0.25, -0.2) is 0 Å². The molecule has 1 aliphatic heterocycles. The summed E-state index contributed by atoms with van der Waals surface area (Å²) in [5, 5.41) is 1.87. The summed E-state index contributed by atoms with van der Waals surface area (Å²) >= 11 is 6.22. The Morgan fingerprint density at radius 2 is 1.76 bits per heavy atom. The molecule has 1 aromatic heterocycles. The highest BCUT2D eigenvalue weighted by Crippen LogP contribution is 2.44. The molecule has 0 amide bonds. The summed E-state index contributed by atoms with van der Waals surface area (Å²) in [6, 6.07) is 24.9. The SMILES string of the molecule is Cc1ccc2c(c1)OC(c1ccccc1)n1c-2cc2cc(Cl)ccc21. The second-order valence-corrected chi connectivity index (χ2v) is 6.92. The highest BCUT2D eigenvalue weighted by Gasteiger charge is 2.28. The van der Waals surface area contributed by atoms with Crippen LogP contribution in [0.1, 0.15) is 17.4 Å². The van der Waals surface area contributed by atoms with Gasteiger partial charge in [0.25, 0.3) is 0 Å². The molecule has 5 rings (SSSR count). The molecule has 0 spiro atoms. The smallest absolute Gasteiger partial charge is 0.203 e. The fraction of sp³-hybridized carbons (Fsp3) is 0.0909. The fourth-order valence-electron chi connectivity index (χ4n) is 3.61. The Hall–Kier alpha value is -2.71. The Morgan fingerprint density at radius 3 is 2.60 bits per heavy atom. The maximum absolute atomic E-state index is 6.45. The van der Waals surface area contributed by atoms with Gasteiger partial charge in [-0.1, -0.05) is 48.0 Å². The summed E-state index contributed by atoms with van der Waals surface area (Å²) < 4.78 is 8.71. The third kappa shape index (κ3) is 2.25. The number of aromatic nitrogens is 1. The van der Waals surface area contributed by atoms with Crippen LogP contribution in [0.3, 0.4) is 0 Å². The molecule has 25 heavy (non-hydrogen) atoms. The Balaban J connectivity index is 1.84. The van der Waals surface area contributed by atoms with Gasteiger partial charge in [0.1, 0.15) is 5.75 Å². The molecular weight excluding hydrogens is 330 g/mol. The van der Waals surface area contributed by atoms with E-state index in [2.05, 4.69) is 54.0 Å². The van der Waals surface area contributed by atoms with Crippen molar-refractivity contribution >= 4 is 22.5 Å². The summed E-state index contributed by atoms with van der Waals surface area (Å²) in [5.41, 5.74) is 5.72. The molecule has 2 heterocycles. The average molecular weight is 346 g/mol. The summed E-state index contributed by atoms with van der Waals surface area (Å²) in [7, 11) is 0. The van der Waals surface area contributed by atoms with Crippen LogP contribution in [0.2, 0.25) is 5.02 Å². The largest absolute Gasteiger partial charge is 0.465 e. The van der Waals surface area contributed by atoms with Crippen molar-refractivity contribution in [1.29, 1.82) is 0 Å². The lowest BCUT2D eigenvalue weighted by Crippen LogP contribution is -2.22. The van der Waals surface area contributed by atoms with Gasteiger partial charge in [0, 0.05) is 21.5 Å². The lowest BCUT2D eigenvalue weighted by molar-refractivity contribution is 0.173. The molecule has 0 N–H and O–H groups in total. The van der Waals surface area contributed by atoms with Crippen LogP contribution < -0.4 is 4.74 Å². The van der Waals surface area contributed by atoms with Gasteiger partial charge in [0.15, 0.2) is 0 Å². The average Bonchev–Trinajstić information content (AvgIpc) is 3.00. The Labute approximate surface area is 151 Å². The van der Waals surface area contributed by atoms with Gasteiger partial charge in [-0.2, -0.15) is 0 Å². The van der Waals surface area contributed by atoms with Gasteiger partial charge < -0.3 is 9.30 Å². The molecule has 4 aromatic rings. The molecular formula is C22H16ClNO. The first-order valence-corrected chi connectivity index (χ1v) is 8.71. The van der Waals surface area contributed by atoms with Crippen molar-refractivity contribution in [3.05, 3.63) is 88.9 Å². The topological polar surface area (TPSA) is 14.2 Å². The number of halogens is 1. The zero-order valence-electron chi connectivity index (χ0n) is 13.7. The molecule has 0 saturated carbocycles. The first-order valence-electron chi connectivity index (χ1n) is 8.34. The van der Waals surface area contributed by atoms with Crippen LogP contribution in [0.15, 0.2) is 72.8 Å². The summed E-state index contributed by atoms with van der Waals surface area (Å²) in [6.07, 6.45) is -0.191. The predicted octanol–water partition coefficient (Wildman–Crippen LogP) is 6.21. The first-order chi connectivity index (χ1) is 12.2. The van der Waals surface area contributed by atoms with Gasteiger partial charge in [0.2, 0.25) is 6.23 Å². The minimum atomic E-state index is -0.191. The van der Waals surface area contributed by atoms with E-state index in [9.17, 15) is 0 Å². The van der Waals surface area contributed by atoms with E-state index in [1.54, 1.807) is 0 Å². The lowest BCUT2D eigenvalue weighted by Gasteiger charge is -2.30. The van der Waals surface area contributed by atoms with Crippen LogP contribution in [0.5, 0.6) is 5.75 Å². The second kappa shape index (κ2) is 5.40. The third-order valence-corrected chi connectivity index (χ3v) is 5.01. The molecule has 1 unspecified atom stereocenters. The van der Waals surface area contributed by atoms with Crippen molar-refractivity contribution in [3.63, 3.8) is 0 Å². The third-order valence-electron chi connectivity index (χ3n) is 4.77. The second-order valence-electron chi connectivity index (χ2n) is 6.48. The Kier molecular flexibility index (Phi) is 3.16. The summed E-state index contributed by atoms with van der Waals surface area (Å²) in [5.74, 6) is 0.926. The number of benzene rings is 3. The zero-order valence-corrected chi connectivity index (χ0v) is 14.5. The van der Waals surface area contributed by atoms with Crippen molar-refractivity contribution in [2.45, 2.75) is 13.2 Å². The normalized spacial score (nSPS) is 15.5. The zero-order chi connectivity index (χ0) is 17.0. The van der Waals surface area contributed by atoms with Crippen LogP contribution in [0.25, 0.3) is 22.2 Å². The van der Waals surface area contributed by atoms with E-state index in [-0.39, 0.29) is 6.23 Å². The molecule has 1 aliphatic rings.